The molecular formula is C35H45N2O16P3. The lowest BCUT2D eigenvalue weighted by Gasteiger charge is -2.22. The van der Waals surface area contributed by atoms with Gasteiger partial charge in [0.1, 0.15) is 11.5 Å². The second kappa shape index (κ2) is 20.6. The highest BCUT2D eigenvalue weighted by atomic mass is 31.3. The molecule has 0 amide bonds. The fraction of sp³-hybridized carbons (Fsp3) is 0.429. The summed E-state index contributed by atoms with van der Waals surface area (Å²) < 4.78 is 76.3. The van der Waals surface area contributed by atoms with Crippen molar-refractivity contribution in [3.8, 4) is 11.5 Å². The van der Waals surface area contributed by atoms with Crippen LogP contribution in [0, 0.1) is 12.8 Å². The number of aromatic amines is 1. The van der Waals surface area contributed by atoms with Gasteiger partial charge in [-0.05, 0) is 61.6 Å². The predicted octanol–water partition coefficient (Wildman–Crippen LogP) is 6.95. The van der Waals surface area contributed by atoms with Gasteiger partial charge in [-0.2, -0.15) is 8.62 Å². The standard InChI is InChI=1S/C35H45N2O16P3/c1-4-6-8-32(38)50-30-16-11-26(12-17-30)22-48-56(46,49-23-27-13-18-31(19-14-27)51-33(39)9-7-5-2)53-55(44,45)52-54(42,43)47-24-28-10-15-29(20-28)37-21-25(3)34(40)36-35(37)41/h10-19,21,28-29H,4-9,20,22-24H2,1-3H3,(H,42,43)(H,44,45)(H,36,40,41)/t28-,29+/m1/s1. The first-order chi connectivity index (χ1) is 26.5. The van der Waals surface area contributed by atoms with E-state index in [1.54, 1.807) is 12.2 Å². The summed E-state index contributed by atoms with van der Waals surface area (Å²) in [7, 11) is -16.2. The summed E-state index contributed by atoms with van der Waals surface area (Å²) in [6, 6.07) is 11.2. The van der Waals surface area contributed by atoms with E-state index < -0.39 is 78.4 Å². The Balaban J connectivity index is 1.41. The number of allylic oxidation sites excluding steroid dienone is 1. The fourth-order valence-corrected chi connectivity index (χ4v) is 9.18. The zero-order valence-electron chi connectivity index (χ0n) is 31.0. The van der Waals surface area contributed by atoms with E-state index in [0.29, 0.717) is 29.5 Å². The molecule has 21 heteroatoms. The van der Waals surface area contributed by atoms with E-state index in [2.05, 4.69) is 9.29 Å². The van der Waals surface area contributed by atoms with Crippen molar-refractivity contribution in [2.24, 2.45) is 5.92 Å². The highest BCUT2D eigenvalue weighted by Gasteiger charge is 2.44. The molecule has 306 valence electrons. The molecule has 2 aromatic carbocycles. The van der Waals surface area contributed by atoms with E-state index in [9.17, 15) is 42.7 Å². The summed E-state index contributed by atoms with van der Waals surface area (Å²) in [6.45, 7) is 3.83. The van der Waals surface area contributed by atoms with Crippen LogP contribution in [0.25, 0.3) is 0 Å². The number of carbonyl (C=O) groups excluding carboxylic acids is 2. The van der Waals surface area contributed by atoms with Gasteiger partial charge in [-0.1, -0.05) is 63.1 Å². The maximum absolute atomic E-state index is 13.8. The number of ether oxygens (including phenoxy) is 2. The van der Waals surface area contributed by atoms with Crippen molar-refractivity contribution in [3.63, 3.8) is 0 Å². The Morgan fingerprint density at radius 2 is 1.29 bits per heavy atom. The van der Waals surface area contributed by atoms with Crippen molar-refractivity contribution >= 4 is 35.4 Å². The number of carbonyl (C=O) groups is 2. The molecule has 1 aliphatic carbocycles. The third kappa shape index (κ3) is 14.6. The minimum absolute atomic E-state index is 0.208. The lowest BCUT2D eigenvalue weighted by molar-refractivity contribution is -0.135. The Morgan fingerprint density at radius 1 is 0.768 bits per heavy atom. The molecule has 1 heterocycles. The van der Waals surface area contributed by atoms with Crippen LogP contribution in [0.2, 0.25) is 0 Å². The Hall–Kier alpha value is -3.79. The van der Waals surface area contributed by atoms with Crippen LogP contribution in [0.3, 0.4) is 0 Å². The number of aryl methyl sites for hydroxylation is 1. The van der Waals surface area contributed by atoms with Crippen LogP contribution in [0.5, 0.6) is 11.5 Å². The largest absolute Gasteiger partial charge is 0.490 e. The van der Waals surface area contributed by atoms with E-state index in [1.807, 2.05) is 13.8 Å². The fourth-order valence-electron chi connectivity index (χ4n) is 5.11. The van der Waals surface area contributed by atoms with Gasteiger partial charge < -0.3 is 19.3 Å². The summed E-state index contributed by atoms with van der Waals surface area (Å²) >= 11 is 0. The Labute approximate surface area is 322 Å². The summed E-state index contributed by atoms with van der Waals surface area (Å²) in [4.78, 5) is 71.0. The maximum atomic E-state index is 13.8. The van der Waals surface area contributed by atoms with E-state index >= 15 is 0 Å². The molecule has 3 aromatic rings. The van der Waals surface area contributed by atoms with Gasteiger partial charge in [0.25, 0.3) is 5.56 Å². The first-order valence-corrected chi connectivity index (χ1v) is 22.2. The lowest BCUT2D eigenvalue weighted by Crippen LogP contribution is -2.32. The Morgan fingerprint density at radius 3 is 1.79 bits per heavy atom. The third-order valence-corrected chi connectivity index (χ3v) is 12.7. The number of benzene rings is 2. The van der Waals surface area contributed by atoms with E-state index in [-0.39, 0.29) is 30.8 Å². The number of aromatic nitrogens is 2. The van der Waals surface area contributed by atoms with E-state index in [4.69, 9.17) is 27.4 Å². The van der Waals surface area contributed by atoms with Crippen LogP contribution in [0.1, 0.15) is 81.5 Å². The number of H-pyrrole nitrogens is 1. The first-order valence-electron chi connectivity index (χ1n) is 17.7. The summed E-state index contributed by atoms with van der Waals surface area (Å²) in [5, 5.41) is 0. The lowest BCUT2D eigenvalue weighted by atomic mass is 10.1. The van der Waals surface area contributed by atoms with Crippen molar-refractivity contribution in [1.29, 1.82) is 0 Å². The third-order valence-electron chi connectivity index (χ3n) is 8.07. The number of rotatable bonds is 22. The zero-order valence-corrected chi connectivity index (χ0v) is 33.7. The average Bonchev–Trinajstić information content (AvgIpc) is 3.61. The monoisotopic (exact) mass is 842 g/mol. The van der Waals surface area contributed by atoms with Crippen LogP contribution in [0.4, 0.5) is 0 Å². The molecule has 56 heavy (non-hydrogen) atoms. The average molecular weight is 843 g/mol. The number of nitrogens with zero attached hydrogens (tertiary/aromatic N) is 1. The number of phosphoric acid groups is 3. The van der Waals surface area contributed by atoms with Crippen LogP contribution < -0.4 is 20.7 Å². The topological polar surface area (TPSA) is 245 Å². The van der Waals surface area contributed by atoms with E-state index in [0.717, 1.165) is 12.8 Å². The van der Waals surface area contributed by atoms with Gasteiger partial charge in [-0.15, -0.1) is 0 Å². The first kappa shape index (κ1) is 44.9. The number of nitrogens with one attached hydrogen (secondary N) is 1. The number of hydrogen-bond acceptors (Lipinski definition) is 14. The van der Waals surface area contributed by atoms with Crippen molar-refractivity contribution in [1.82, 2.24) is 9.55 Å². The zero-order chi connectivity index (χ0) is 40.9. The molecule has 4 rings (SSSR count). The van der Waals surface area contributed by atoms with Gasteiger partial charge in [-0.25, -0.2) is 18.5 Å². The summed E-state index contributed by atoms with van der Waals surface area (Å²) in [5.74, 6) is -0.926. The molecular weight excluding hydrogens is 797 g/mol. The molecule has 1 aliphatic rings. The smallest absolute Gasteiger partial charge is 0.427 e. The van der Waals surface area contributed by atoms with Gasteiger partial charge in [0.05, 0.1) is 25.9 Å². The molecule has 2 unspecified atom stereocenters. The quantitative estimate of drug-likeness (QED) is 0.0401. The number of unbranched alkanes of at least 4 members (excludes halogenated alkanes) is 2. The number of hydrogen-bond donors (Lipinski definition) is 3. The Kier molecular flexibility index (Phi) is 16.5. The van der Waals surface area contributed by atoms with Crippen LogP contribution in [0.15, 0.2) is 76.5 Å². The van der Waals surface area contributed by atoms with Gasteiger partial charge in [0.15, 0.2) is 0 Å². The second-order valence-electron chi connectivity index (χ2n) is 12.8. The molecule has 1 aromatic heterocycles. The van der Waals surface area contributed by atoms with Crippen molar-refractivity contribution < 1.29 is 64.7 Å². The van der Waals surface area contributed by atoms with Crippen molar-refractivity contribution in [2.45, 2.75) is 85.0 Å². The number of esters is 2. The van der Waals surface area contributed by atoms with Crippen molar-refractivity contribution in [3.05, 3.63) is 104 Å². The molecule has 18 nitrogen and oxygen atoms in total. The molecule has 0 fully saturated rings. The predicted molar refractivity (Wildman–Crippen MR) is 201 cm³/mol. The molecule has 0 radical (unpaired) electrons. The highest BCUT2D eigenvalue weighted by Crippen LogP contribution is 2.69. The van der Waals surface area contributed by atoms with E-state index in [1.165, 1.54) is 66.2 Å². The van der Waals surface area contributed by atoms with Gasteiger partial charge >= 0.3 is 41.1 Å². The van der Waals surface area contributed by atoms with Gasteiger partial charge in [0.2, 0.25) is 0 Å². The van der Waals surface area contributed by atoms with Crippen LogP contribution >= 0.6 is 23.5 Å². The van der Waals surface area contributed by atoms with Gasteiger partial charge in [-0.3, -0.25) is 37.5 Å². The molecule has 4 atom stereocenters. The molecule has 0 bridgehead atoms. The molecule has 0 aliphatic heterocycles. The SMILES string of the molecule is CCCCC(=O)Oc1ccc(COP(=O)(OCc2ccc(OC(=O)CCCC)cc2)OP(=O)(O)OP(=O)(O)OC[C@@H]2C=C[C@H](n3cc(C)c(=O)[nH]c3=O)C2)cc1. The second-order valence-corrected chi connectivity index (χ2v) is 17.6. The Bertz CT molecular complexity index is 2030. The normalized spacial score (nSPS) is 17.6. The molecule has 0 spiro atoms. The number of phosphoric ester groups is 2. The van der Waals surface area contributed by atoms with Crippen LogP contribution in [-0.2, 0) is 58.7 Å². The molecule has 3 N–H and O–H groups in total. The molecule has 0 saturated heterocycles. The summed E-state index contributed by atoms with van der Waals surface area (Å²) in [5.41, 5.74) is -0.207. The summed E-state index contributed by atoms with van der Waals surface area (Å²) in [6.07, 6.45) is 8.23. The minimum Gasteiger partial charge on any atom is -0.427 e. The van der Waals surface area contributed by atoms with Crippen LogP contribution in [-0.4, -0.2) is 37.9 Å². The minimum atomic E-state index is -5.75. The van der Waals surface area contributed by atoms with Crippen molar-refractivity contribution in [2.75, 3.05) is 6.61 Å². The van der Waals surface area contributed by atoms with Gasteiger partial charge in [0, 0.05) is 30.5 Å². The maximum Gasteiger partial charge on any atom is 0.490 e. The molecule has 0 saturated carbocycles. The highest BCUT2D eigenvalue weighted by molar-refractivity contribution is 7.67.